The maximum absolute atomic E-state index is 13.0. The molecular formula is C22H22N4O3S. The molecule has 2 aliphatic rings. The third-order valence-corrected chi connectivity index (χ3v) is 6.42. The fourth-order valence-corrected chi connectivity index (χ4v) is 4.93. The van der Waals surface area contributed by atoms with Gasteiger partial charge in [-0.15, -0.1) is 10.2 Å². The number of anilines is 1. The van der Waals surface area contributed by atoms with Crippen molar-refractivity contribution in [2.75, 3.05) is 17.4 Å². The molecule has 0 unspecified atom stereocenters. The molecule has 1 amide bonds. The average molecular weight is 423 g/mol. The summed E-state index contributed by atoms with van der Waals surface area (Å²) in [6.45, 7) is 5.08. The van der Waals surface area contributed by atoms with Crippen molar-refractivity contribution >= 4 is 23.4 Å². The minimum absolute atomic E-state index is 0.0905. The minimum Gasteiger partial charge on any atom is -0.454 e. The molecular weight excluding hydrogens is 400 g/mol. The highest BCUT2D eigenvalue weighted by Gasteiger charge is 2.30. The van der Waals surface area contributed by atoms with Crippen molar-refractivity contribution in [3.8, 4) is 22.9 Å². The third-order valence-electron chi connectivity index (χ3n) is 5.46. The van der Waals surface area contributed by atoms with E-state index in [0.717, 1.165) is 34.4 Å². The minimum atomic E-state index is 0.0905. The van der Waals surface area contributed by atoms with Crippen LogP contribution in [0.2, 0.25) is 0 Å². The van der Waals surface area contributed by atoms with Gasteiger partial charge in [-0.05, 0) is 50.1 Å². The number of ether oxygens (including phenoxy) is 2. The summed E-state index contributed by atoms with van der Waals surface area (Å²) >= 11 is 1.43. The smallest absolute Gasteiger partial charge is 0.237 e. The maximum atomic E-state index is 13.0. The number of hydrogen-bond donors (Lipinski definition) is 0. The molecule has 0 N–H and O–H groups in total. The van der Waals surface area contributed by atoms with Crippen molar-refractivity contribution in [1.29, 1.82) is 0 Å². The molecule has 0 saturated carbocycles. The fraction of sp³-hybridized carbons (Fsp3) is 0.318. The number of para-hydroxylation sites is 1. The van der Waals surface area contributed by atoms with Gasteiger partial charge in [-0.3, -0.25) is 4.79 Å². The summed E-state index contributed by atoms with van der Waals surface area (Å²) in [5.74, 6) is 2.61. The van der Waals surface area contributed by atoms with Gasteiger partial charge in [-0.25, -0.2) is 0 Å². The van der Waals surface area contributed by atoms with Gasteiger partial charge in [0.05, 0.1) is 5.75 Å². The van der Waals surface area contributed by atoms with Gasteiger partial charge < -0.3 is 18.9 Å². The molecule has 2 aliphatic heterocycles. The van der Waals surface area contributed by atoms with Crippen molar-refractivity contribution in [1.82, 2.24) is 14.8 Å². The number of nitrogens with zero attached hydrogens (tertiary/aromatic N) is 4. The number of carbonyl (C=O) groups excluding carboxylic acids is 1. The van der Waals surface area contributed by atoms with Gasteiger partial charge in [0, 0.05) is 23.8 Å². The first-order chi connectivity index (χ1) is 14.7. The number of rotatable bonds is 5. The first-order valence-electron chi connectivity index (χ1n) is 10.0. The Labute approximate surface area is 179 Å². The van der Waals surface area contributed by atoms with Crippen LogP contribution in [0.5, 0.6) is 11.5 Å². The van der Waals surface area contributed by atoms with E-state index in [1.807, 2.05) is 52.8 Å². The second-order valence-electron chi connectivity index (χ2n) is 7.35. The first kappa shape index (κ1) is 19.0. The SMILES string of the molecule is CCn1c(SCC(=O)N2c3ccccc3C[C@H]2C)nnc1-c1ccc2c(c1)OCO2. The van der Waals surface area contributed by atoms with E-state index in [9.17, 15) is 4.79 Å². The molecule has 0 spiro atoms. The lowest BCUT2D eigenvalue weighted by atomic mass is 10.1. The van der Waals surface area contributed by atoms with Crippen LogP contribution in [0.4, 0.5) is 5.69 Å². The summed E-state index contributed by atoms with van der Waals surface area (Å²) in [5.41, 5.74) is 3.16. The number of carbonyl (C=O) groups is 1. The molecule has 2 aromatic carbocycles. The van der Waals surface area contributed by atoms with Crippen molar-refractivity contribution in [3.63, 3.8) is 0 Å². The number of amides is 1. The highest BCUT2D eigenvalue weighted by molar-refractivity contribution is 7.99. The lowest BCUT2D eigenvalue weighted by molar-refractivity contribution is -0.116. The highest BCUT2D eigenvalue weighted by Crippen LogP contribution is 2.36. The molecule has 5 rings (SSSR count). The summed E-state index contributed by atoms with van der Waals surface area (Å²) in [7, 11) is 0. The zero-order valence-electron chi connectivity index (χ0n) is 16.9. The number of hydrogen-bond acceptors (Lipinski definition) is 6. The van der Waals surface area contributed by atoms with E-state index in [4.69, 9.17) is 9.47 Å². The summed E-state index contributed by atoms with van der Waals surface area (Å²) < 4.78 is 12.9. The fourth-order valence-electron chi connectivity index (χ4n) is 4.07. The Bertz CT molecular complexity index is 1110. The van der Waals surface area contributed by atoms with Crippen molar-refractivity contribution < 1.29 is 14.3 Å². The standard InChI is InChI=1S/C22H22N4O3S/c1-3-25-21(16-8-9-18-19(11-16)29-13-28-18)23-24-22(25)30-12-20(27)26-14(2)10-15-6-4-5-7-17(15)26/h4-9,11,14H,3,10,12-13H2,1-2H3/t14-/m1/s1. The topological polar surface area (TPSA) is 69.5 Å². The van der Waals surface area contributed by atoms with Crippen LogP contribution in [0.1, 0.15) is 19.4 Å². The average Bonchev–Trinajstić information content (AvgIpc) is 3.46. The Morgan fingerprint density at radius 1 is 1.17 bits per heavy atom. The van der Waals surface area contributed by atoms with Gasteiger partial charge in [0.25, 0.3) is 0 Å². The molecule has 1 aromatic heterocycles. The molecule has 0 aliphatic carbocycles. The summed E-state index contributed by atoms with van der Waals surface area (Å²) in [6, 6.07) is 14.0. The first-order valence-corrected chi connectivity index (χ1v) is 11.0. The molecule has 0 bridgehead atoms. The van der Waals surface area contributed by atoms with Gasteiger partial charge in [-0.2, -0.15) is 0 Å². The van der Waals surface area contributed by atoms with E-state index < -0.39 is 0 Å². The molecule has 3 aromatic rings. The van der Waals surface area contributed by atoms with Crippen LogP contribution in [-0.2, 0) is 17.8 Å². The normalized spacial score (nSPS) is 16.7. The zero-order valence-corrected chi connectivity index (χ0v) is 17.7. The van der Waals surface area contributed by atoms with Gasteiger partial charge in [0.1, 0.15) is 0 Å². The van der Waals surface area contributed by atoms with E-state index in [-0.39, 0.29) is 18.7 Å². The van der Waals surface area contributed by atoms with Gasteiger partial charge in [-0.1, -0.05) is 30.0 Å². The van der Waals surface area contributed by atoms with Gasteiger partial charge in [0.15, 0.2) is 22.5 Å². The number of aromatic nitrogens is 3. The zero-order chi connectivity index (χ0) is 20.7. The van der Waals surface area contributed by atoms with Crippen LogP contribution >= 0.6 is 11.8 Å². The second kappa shape index (κ2) is 7.68. The quantitative estimate of drug-likeness (QED) is 0.583. The lowest BCUT2D eigenvalue weighted by Crippen LogP contribution is -2.37. The predicted octanol–water partition coefficient (Wildman–Crippen LogP) is 3.76. The Balaban J connectivity index is 1.34. The third kappa shape index (κ3) is 3.21. The second-order valence-corrected chi connectivity index (χ2v) is 8.30. The molecule has 30 heavy (non-hydrogen) atoms. The summed E-state index contributed by atoms with van der Waals surface area (Å²) in [5, 5.41) is 9.47. The number of fused-ring (bicyclic) bond motifs is 2. The summed E-state index contributed by atoms with van der Waals surface area (Å²) in [4.78, 5) is 14.9. The van der Waals surface area contributed by atoms with Crippen LogP contribution in [0.3, 0.4) is 0 Å². The lowest BCUT2D eigenvalue weighted by Gasteiger charge is -2.22. The monoisotopic (exact) mass is 422 g/mol. The maximum Gasteiger partial charge on any atom is 0.237 e. The Hall–Kier alpha value is -3.00. The Morgan fingerprint density at radius 3 is 2.87 bits per heavy atom. The van der Waals surface area contributed by atoms with E-state index in [2.05, 4.69) is 23.2 Å². The van der Waals surface area contributed by atoms with Gasteiger partial charge in [0.2, 0.25) is 12.7 Å². The highest BCUT2D eigenvalue weighted by atomic mass is 32.2. The van der Waals surface area contributed by atoms with Crippen LogP contribution in [0.15, 0.2) is 47.6 Å². The Kier molecular flexibility index (Phi) is 4.86. The van der Waals surface area contributed by atoms with Crippen LogP contribution in [0, 0.1) is 0 Å². The van der Waals surface area contributed by atoms with E-state index >= 15 is 0 Å². The molecule has 0 radical (unpaired) electrons. The number of benzene rings is 2. The molecule has 154 valence electrons. The van der Waals surface area contributed by atoms with Crippen LogP contribution in [0.25, 0.3) is 11.4 Å². The van der Waals surface area contributed by atoms with Crippen LogP contribution < -0.4 is 14.4 Å². The van der Waals surface area contributed by atoms with Crippen molar-refractivity contribution in [3.05, 3.63) is 48.0 Å². The van der Waals surface area contributed by atoms with E-state index in [1.165, 1.54) is 17.3 Å². The molecule has 1 atom stereocenters. The summed E-state index contributed by atoms with van der Waals surface area (Å²) in [6.07, 6.45) is 0.895. The van der Waals surface area contributed by atoms with E-state index in [1.54, 1.807) is 0 Å². The predicted molar refractivity (Wildman–Crippen MR) is 115 cm³/mol. The van der Waals surface area contributed by atoms with Crippen molar-refractivity contribution in [2.24, 2.45) is 0 Å². The molecule has 8 heteroatoms. The van der Waals surface area contributed by atoms with E-state index in [0.29, 0.717) is 18.0 Å². The molecule has 0 fully saturated rings. The molecule has 3 heterocycles. The molecule has 0 saturated heterocycles. The largest absolute Gasteiger partial charge is 0.454 e. The van der Waals surface area contributed by atoms with Crippen LogP contribution in [-0.4, -0.2) is 39.3 Å². The Morgan fingerprint density at radius 2 is 2.00 bits per heavy atom. The van der Waals surface area contributed by atoms with Crippen molar-refractivity contribution in [2.45, 2.75) is 38.0 Å². The molecule has 7 nitrogen and oxygen atoms in total. The number of thioether (sulfide) groups is 1. The van der Waals surface area contributed by atoms with Gasteiger partial charge >= 0.3 is 0 Å².